The van der Waals surface area contributed by atoms with Gasteiger partial charge in [-0.2, -0.15) is 0 Å². The van der Waals surface area contributed by atoms with Crippen molar-refractivity contribution in [2.24, 2.45) is 0 Å². The van der Waals surface area contributed by atoms with E-state index in [1.54, 1.807) is 0 Å². The van der Waals surface area contributed by atoms with Crippen molar-refractivity contribution in [2.45, 2.75) is 47.1 Å². The fourth-order valence-corrected chi connectivity index (χ4v) is 2.56. The fraction of sp³-hybridized carbons (Fsp3) is 0.368. The number of allylic oxidation sites excluding steroid dienone is 1. The van der Waals surface area contributed by atoms with E-state index in [4.69, 9.17) is 9.15 Å². The quantitative estimate of drug-likeness (QED) is 0.481. The van der Waals surface area contributed by atoms with Gasteiger partial charge in [0.25, 0.3) is 0 Å². The summed E-state index contributed by atoms with van der Waals surface area (Å²) in [6, 6.07) is 5.27. The largest absolute Gasteiger partial charge is 0.458 e. The molecule has 0 fully saturated rings. The van der Waals surface area contributed by atoms with Crippen LogP contribution < -0.4 is 5.63 Å². The van der Waals surface area contributed by atoms with Crippen LogP contribution in [-0.4, -0.2) is 5.97 Å². The minimum Gasteiger partial charge on any atom is -0.458 e. The Morgan fingerprint density at radius 3 is 2.57 bits per heavy atom. The highest BCUT2D eigenvalue weighted by Gasteiger charge is 2.12. The first-order valence-electron chi connectivity index (χ1n) is 7.67. The molecule has 0 amide bonds. The highest BCUT2D eigenvalue weighted by atomic mass is 16.5. The molecule has 0 unspecified atom stereocenters. The summed E-state index contributed by atoms with van der Waals surface area (Å²) in [6.45, 7) is 9.92. The van der Waals surface area contributed by atoms with Gasteiger partial charge in [0.15, 0.2) is 0 Å². The Morgan fingerprint density at radius 1 is 1.26 bits per heavy atom. The van der Waals surface area contributed by atoms with Crippen LogP contribution in [0.1, 0.15) is 50.3 Å². The predicted octanol–water partition coefficient (Wildman–Crippen LogP) is 4.23. The van der Waals surface area contributed by atoms with Crippen LogP contribution >= 0.6 is 0 Å². The molecule has 122 valence electrons. The first kappa shape index (κ1) is 17.0. The van der Waals surface area contributed by atoms with E-state index < -0.39 is 11.6 Å². The van der Waals surface area contributed by atoms with E-state index in [9.17, 15) is 9.59 Å². The first-order chi connectivity index (χ1) is 10.8. The minimum atomic E-state index is -0.442. The van der Waals surface area contributed by atoms with E-state index in [2.05, 4.69) is 13.8 Å². The molecule has 0 spiro atoms. The maximum Gasteiger partial charge on any atom is 0.336 e. The lowest BCUT2D eigenvalue weighted by Gasteiger charge is -2.13. The molecule has 2 rings (SSSR count). The number of benzene rings is 1. The van der Waals surface area contributed by atoms with E-state index in [0.717, 1.165) is 16.5 Å². The molecule has 4 nitrogen and oxygen atoms in total. The highest BCUT2D eigenvalue weighted by molar-refractivity contribution is 5.84. The normalized spacial score (nSPS) is 10.9. The Kier molecular flexibility index (Phi) is 5.04. The average Bonchev–Trinajstić information content (AvgIpc) is 2.42. The first-order valence-corrected chi connectivity index (χ1v) is 7.67. The smallest absolute Gasteiger partial charge is 0.336 e. The van der Waals surface area contributed by atoms with Crippen LogP contribution in [-0.2, 0) is 16.1 Å². The molecular formula is C19H22O4. The second-order valence-corrected chi connectivity index (χ2v) is 6.28. The molecule has 23 heavy (non-hydrogen) atoms. The van der Waals surface area contributed by atoms with Gasteiger partial charge in [-0.1, -0.05) is 19.4 Å². The molecular weight excluding hydrogens is 292 g/mol. The summed E-state index contributed by atoms with van der Waals surface area (Å²) >= 11 is 0. The van der Waals surface area contributed by atoms with Gasteiger partial charge in [0.1, 0.15) is 12.2 Å². The van der Waals surface area contributed by atoms with Crippen LogP contribution in [0.4, 0.5) is 0 Å². The van der Waals surface area contributed by atoms with Gasteiger partial charge in [-0.05, 0) is 49.9 Å². The number of hydrogen-bond acceptors (Lipinski definition) is 4. The molecule has 0 saturated carbocycles. The van der Waals surface area contributed by atoms with E-state index in [1.165, 1.54) is 17.7 Å². The summed E-state index contributed by atoms with van der Waals surface area (Å²) in [5.74, 6) is -0.0602. The van der Waals surface area contributed by atoms with E-state index in [-0.39, 0.29) is 6.61 Å². The lowest BCUT2D eigenvalue weighted by molar-refractivity contribution is -0.139. The number of fused-ring (bicyclic) bond motifs is 1. The van der Waals surface area contributed by atoms with Crippen LogP contribution in [0.3, 0.4) is 0 Å². The van der Waals surface area contributed by atoms with Gasteiger partial charge in [0, 0.05) is 23.1 Å². The Bertz CT molecular complexity index is 821. The van der Waals surface area contributed by atoms with Crippen molar-refractivity contribution in [3.8, 4) is 0 Å². The lowest BCUT2D eigenvalue weighted by Crippen LogP contribution is -2.06. The predicted molar refractivity (Wildman–Crippen MR) is 90.5 cm³/mol. The highest BCUT2D eigenvalue weighted by Crippen LogP contribution is 2.27. The van der Waals surface area contributed by atoms with Crippen LogP contribution in [0.15, 0.2) is 39.1 Å². The summed E-state index contributed by atoms with van der Waals surface area (Å²) in [5.41, 5.74) is 3.87. The molecule has 0 saturated heterocycles. The number of carbonyl (C=O) groups excluding carboxylic acids is 1. The maximum atomic E-state index is 11.7. The van der Waals surface area contributed by atoms with Crippen molar-refractivity contribution in [1.82, 2.24) is 0 Å². The summed E-state index contributed by atoms with van der Waals surface area (Å²) in [4.78, 5) is 23.4. The molecule has 0 bridgehead atoms. The summed E-state index contributed by atoms with van der Waals surface area (Å²) < 4.78 is 10.5. The summed E-state index contributed by atoms with van der Waals surface area (Å²) in [7, 11) is 0. The van der Waals surface area contributed by atoms with Gasteiger partial charge >= 0.3 is 11.6 Å². The topological polar surface area (TPSA) is 56.5 Å². The molecule has 1 aromatic carbocycles. The zero-order valence-corrected chi connectivity index (χ0v) is 14.2. The Labute approximate surface area is 135 Å². The van der Waals surface area contributed by atoms with Gasteiger partial charge < -0.3 is 9.15 Å². The van der Waals surface area contributed by atoms with Crippen LogP contribution in [0.2, 0.25) is 0 Å². The van der Waals surface area contributed by atoms with Gasteiger partial charge in [-0.25, -0.2) is 9.59 Å². The van der Waals surface area contributed by atoms with Crippen molar-refractivity contribution in [1.29, 1.82) is 0 Å². The van der Waals surface area contributed by atoms with Crippen molar-refractivity contribution in [2.75, 3.05) is 0 Å². The molecule has 0 N–H and O–H groups in total. The Balaban J connectivity index is 2.46. The molecule has 1 heterocycles. The summed E-state index contributed by atoms with van der Waals surface area (Å²) in [5, 5.41) is 0.809. The van der Waals surface area contributed by atoms with Crippen LogP contribution in [0, 0.1) is 6.92 Å². The monoisotopic (exact) mass is 314 g/mol. The SMILES string of the molecule is CC(C)=CC(=O)OCc1cc(=O)oc2cc(C)c(C(C)C)cc12. The molecule has 2 aromatic rings. The Hall–Kier alpha value is -2.36. The standard InChI is InChI=1S/C19H22O4/c1-11(2)6-18(20)22-10-14-8-19(21)23-17-7-13(5)15(12(3)4)9-16(14)17/h6-9,12H,10H2,1-5H3. The second kappa shape index (κ2) is 6.82. The number of rotatable bonds is 4. The van der Waals surface area contributed by atoms with Crippen molar-refractivity contribution < 1.29 is 13.9 Å². The van der Waals surface area contributed by atoms with Crippen molar-refractivity contribution >= 4 is 16.9 Å². The van der Waals surface area contributed by atoms with Crippen LogP contribution in [0.25, 0.3) is 11.0 Å². The summed E-state index contributed by atoms with van der Waals surface area (Å²) in [6.07, 6.45) is 1.43. The lowest BCUT2D eigenvalue weighted by atomic mass is 9.95. The third kappa shape index (κ3) is 4.09. The van der Waals surface area contributed by atoms with E-state index in [1.807, 2.05) is 32.9 Å². The Morgan fingerprint density at radius 2 is 1.96 bits per heavy atom. The fourth-order valence-electron chi connectivity index (χ4n) is 2.56. The number of carbonyl (C=O) groups is 1. The number of aryl methyl sites for hydroxylation is 1. The molecule has 1 aromatic heterocycles. The third-order valence-corrected chi connectivity index (χ3v) is 3.62. The van der Waals surface area contributed by atoms with E-state index >= 15 is 0 Å². The molecule has 0 radical (unpaired) electrons. The zero-order valence-electron chi connectivity index (χ0n) is 14.2. The number of hydrogen-bond donors (Lipinski definition) is 0. The van der Waals surface area contributed by atoms with Gasteiger partial charge in [-0.15, -0.1) is 0 Å². The van der Waals surface area contributed by atoms with Crippen molar-refractivity contribution in [3.05, 3.63) is 57.0 Å². The molecule has 0 aliphatic heterocycles. The van der Waals surface area contributed by atoms with Gasteiger partial charge in [-0.3, -0.25) is 0 Å². The zero-order chi connectivity index (χ0) is 17.1. The maximum absolute atomic E-state index is 11.7. The molecule has 0 aliphatic carbocycles. The van der Waals surface area contributed by atoms with Crippen LogP contribution in [0.5, 0.6) is 0 Å². The molecule has 0 aliphatic rings. The second-order valence-electron chi connectivity index (χ2n) is 6.28. The molecule has 4 heteroatoms. The van der Waals surface area contributed by atoms with Gasteiger partial charge in [0.05, 0.1) is 0 Å². The average molecular weight is 314 g/mol. The van der Waals surface area contributed by atoms with Gasteiger partial charge in [0.2, 0.25) is 0 Å². The molecule has 0 atom stereocenters. The van der Waals surface area contributed by atoms with E-state index in [0.29, 0.717) is 17.1 Å². The van der Waals surface area contributed by atoms with Crippen molar-refractivity contribution in [3.63, 3.8) is 0 Å². The minimum absolute atomic E-state index is 0.0469. The number of esters is 1. The third-order valence-electron chi connectivity index (χ3n) is 3.62. The number of ether oxygens (including phenoxy) is 1.